The molecule has 16 heavy (non-hydrogen) atoms. The van der Waals surface area contributed by atoms with Gasteiger partial charge in [-0.2, -0.15) is 0 Å². The van der Waals surface area contributed by atoms with Gasteiger partial charge in [-0.3, -0.25) is 0 Å². The zero-order valence-electron chi connectivity index (χ0n) is 10.5. The second-order valence-electron chi connectivity index (χ2n) is 4.49. The van der Waals surface area contributed by atoms with E-state index in [1.54, 1.807) is 0 Å². The van der Waals surface area contributed by atoms with Crippen molar-refractivity contribution in [2.24, 2.45) is 0 Å². The largest absolute Gasteiger partial charge is 0.249 e. The third-order valence-corrected chi connectivity index (χ3v) is 3.00. The molecule has 0 saturated carbocycles. The molecule has 0 aromatic carbocycles. The first kappa shape index (κ1) is 13.5. The Morgan fingerprint density at radius 3 is 2.56 bits per heavy atom. The van der Waals surface area contributed by atoms with Crippen molar-refractivity contribution in [2.45, 2.75) is 64.8 Å². The number of alkyl halides is 1. The number of unbranched alkanes of at least 4 members (excludes halogenated alkanes) is 3. The van der Waals surface area contributed by atoms with Crippen molar-refractivity contribution in [3.8, 4) is 0 Å². The molecule has 1 heterocycles. The first-order valence-electron chi connectivity index (χ1n) is 6.18. The van der Waals surface area contributed by atoms with Crippen LogP contribution in [0.5, 0.6) is 0 Å². The quantitative estimate of drug-likeness (QED) is 0.540. The molecule has 0 aliphatic heterocycles. The molecule has 0 radical (unpaired) electrons. The van der Waals surface area contributed by atoms with Gasteiger partial charge in [-0.1, -0.05) is 45.2 Å². The van der Waals surface area contributed by atoms with Crippen molar-refractivity contribution in [2.75, 3.05) is 0 Å². The van der Waals surface area contributed by atoms with Crippen molar-refractivity contribution < 1.29 is 0 Å². The molecular weight excluding hydrogens is 222 g/mol. The Kier molecular flexibility index (Phi) is 5.81. The van der Waals surface area contributed by atoms with Crippen molar-refractivity contribution in [1.29, 1.82) is 0 Å². The number of hydrogen-bond acceptors (Lipinski definition) is 2. The van der Waals surface area contributed by atoms with Crippen LogP contribution < -0.4 is 0 Å². The lowest BCUT2D eigenvalue weighted by molar-refractivity contribution is 0.503. The Bertz CT molecular complexity index is 307. The van der Waals surface area contributed by atoms with Gasteiger partial charge in [-0.25, -0.2) is 4.68 Å². The fraction of sp³-hybridized carbons (Fsp3) is 0.833. The maximum absolute atomic E-state index is 5.86. The minimum absolute atomic E-state index is 0.440. The summed E-state index contributed by atoms with van der Waals surface area (Å²) in [5, 5.41) is 8.32. The molecule has 3 nitrogen and oxygen atoms in total. The molecule has 1 aromatic rings. The average Bonchev–Trinajstić information content (AvgIpc) is 2.67. The highest BCUT2D eigenvalue weighted by atomic mass is 35.5. The number of halogens is 1. The molecule has 0 amide bonds. The van der Waals surface area contributed by atoms with E-state index in [9.17, 15) is 0 Å². The van der Waals surface area contributed by atoms with E-state index in [0.29, 0.717) is 11.8 Å². The minimum atomic E-state index is 0.440. The number of nitrogens with zero attached hydrogens (tertiary/aromatic N) is 3. The van der Waals surface area contributed by atoms with Gasteiger partial charge in [0.05, 0.1) is 11.6 Å². The van der Waals surface area contributed by atoms with Gasteiger partial charge in [0.1, 0.15) is 5.69 Å². The van der Waals surface area contributed by atoms with Crippen molar-refractivity contribution in [1.82, 2.24) is 15.0 Å². The van der Waals surface area contributed by atoms with Gasteiger partial charge in [0.25, 0.3) is 0 Å². The Morgan fingerprint density at radius 1 is 1.25 bits per heavy atom. The first-order valence-corrected chi connectivity index (χ1v) is 6.72. The summed E-state index contributed by atoms with van der Waals surface area (Å²) in [4.78, 5) is 0. The SMILES string of the molecule is CCCCCCn1nnc(CCl)c1C(C)C. The zero-order chi connectivity index (χ0) is 12.0. The van der Waals surface area contributed by atoms with E-state index in [2.05, 4.69) is 31.1 Å². The zero-order valence-corrected chi connectivity index (χ0v) is 11.3. The lowest BCUT2D eigenvalue weighted by atomic mass is 10.1. The molecule has 0 spiro atoms. The van der Waals surface area contributed by atoms with E-state index in [-0.39, 0.29) is 0 Å². The third kappa shape index (κ3) is 3.48. The molecule has 0 bridgehead atoms. The van der Waals surface area contributed by atoms with Crippen LogP contribution in [-0.4, -0.2) is 15.0 Å². The maximum atomic E-state index is 5.86. The summed E-state index contributed by atoms with van der Waals surface area (Å²) in [5.41, 5.74) is 2.14. The molecule has 4 heteroatoms. The van der Waals surface area contributed by atoms with Gasteiger partial charge in [-0.05, 0) is 12.3 Å². The van der Waals surface area contributed by atoms with Crippen LogP contribution >= 0.6 is 11.6 Å². The molecule has 0 aliphatic carbocycles. The van der Waals surface area contributed by atoms with Crippen LogP contribution in [0.15, 0.2) is 0 Å². The summed E-state index contributed by atoms with van der Waals surface area (Å²) in [6.45, 7) is 7.52. The third-order valence-electron chi connectivity index (χ3n) is 2.74. The van der Waals surface area contributed by atoms with E-state index in [1.807, 2.05) is 4.68 Å². The number of rotatable bonds is 7. The molecule has 0 N–H and O–H groups in total. The summed E-state index contributed by atoms with van der Waals surface area (Å²) in [5.74, 6) is 0.901. The Labute approximate surface area is 103 Å². The monoisotopic (exact) mass is 243 g/mol. The van der Waals surface area contributed by atoms with Gasteiger partial charge in [0.2, 0.25) is 0 Å². The normalized spacial score (nSPS) is 11.3. The fourth-order valence-corrected chi connectivity index (χ4v) is 2.13. The van der Waals surface area contributed by atoms with Crippen LogP contribution in [0.3, 0.4) is 0 Å². The van der Waals surface area contributed by atoms with Crippen molar-refractivity contribution >= 4 is 11.6 Å². The Hall–Kier alpha value is -0.570. The fourth-order valence-electron chi connectivity index (χ4n) is 1.94. The number of aryl methyl sites for hydroxylation is 1. The average molecular weight is 244 g/mol. The van der Waals surface area contributed by atoms with E-state index < -0.39 is 0 Å². The van der Waals surface area contributed by atoms with Crippen LogP contribution in [0.2, 0.25) is 0 Å². The van der Waals surface area contributed by atoms with E-state index >= 15 is 0 Å². The second kappa shape index (κ2) is 6.89. The smallest absolute Gasteiger partial charge is 0.101 e. The Balaban J connectivity index is 2.61. The lowest BCUT2D eigenvalue weighted by Gasteiger charge is -2.10. The topological polar surface area (TPSA) is 30.7 Å². The van der Waals surface area contributed by atoms with Gasteiger partial charge >= 0.3 is 0 Å². The summed E-state index contributed by atoms with van der Waals surface area (Å²) in [6.07, 6.45) is 5.01. The van der Waals surface area contributed by atoms with Crippen molar-refractivity contribution in [3.05, 3.63) is 11.4 Å². The molecule has 1 rings (SSSR count). The first-order chi connectivity index (χ1) is 7.70. The Morgan fingerprint density at radius 2 is 2.00 bits per heavy atom. The number of hydrogen-bond donors (Lipinski definition) is 0. The highest BCUT2D eigenvalue weighted by Crippen LogP contribution is 2.19. The van der Waals surface area contributed by atoms with Crippen LogP contribution in [-0.2, 0) is 12.4 Å². The summed E-state index contributed by atoms with van der Waals surface area (Å²) >= 11 is 5.86. The standard InChI is InChI=1S/C12H22ClN3/c1-4-5-6-7-8-16-12(10(2)3)11(9-13)14-15-16/h10H,4-9H2,1-3H3. The molecule has 0 atom stereocenters. The molecule has 1 aromatic heterocycles. The highest BCUT2D eigenvalue weighted by Gasteiger charge is 2.14. The van der Waals surface area contributed by atoms with Crippen molar-refractivity contribution in [3.63, 3.8) is 0 Å². The number of aromatic nitrogens is 3. The lowest BCUT2D eigenvalue weighted by Crippen LogP contribution is -2.07. The van der Waals surface area contributed by atoms with Gasteiger partial charge in [0, 0.05) is 6.54 Å². The second-order valence-corrected chi connectivity index (χ2v) is 4.76. The van der Waals surface area contributed by atoms with Crippen LogP contribution in [0.25, 0.3) is 0 Å². The highest BCUT2D eigenvalue weighted by molar-refractivity contribution is 6.16. The summed E-state index contributed by atoms with van der Waals surface area (Å²) < 4.78 is 2.03. The van der Waals surface area contributed by atoms with Crippen LogP contribution in [0, 0.1) is 0 Å². The minimum Gasteiger partial charge on any atom is -0.249 e. The molecule has 92 valence electrons. The van der Waals surface area contributed by atoms with Crippen LogP contribution in [0.4, 0.5) is 0 Å². The van der Waals surface area contributed by atoms with Gasteiger partial charge in [0.15, 0.2) is 0 Å². The van der Waals surface area contributed by atoms with Gasteiger partial charge in [-0.15, -0.1) is 16.7 Å². The molecule has 0 unspecified atom stereocenters. The summed E-state index contributed by atoms with van der Waals surface area (Å²) in [6, 6.07) is 0. The van der Waals surface area contributed by atoms with E-state index in [4.69, 9.17) is 11.6 Å². The molecule has 0 fully saturated rings. The van der Waals surface area contributed by atoms with Gasteiger partial charge < -0.3 is 0 Å². The molecule has 0 aliphatic rings. The van der Waals surface area contributed by atoms with Crippen LogP contribution in [0.1, 0.15) is 63.8 Å². The maximum Gasteiger partial charge on any atom is 0.101 e. The van der Waals surface area contributed by atoms with E-state index in [1.165, 1.54) is 31.4 Å². The predicted octanol–water partition coefficient (Wildman–Crippen LogP) is 3.72. The predicted molar refractivity (Wildman–Crippen MR) is 67.8 cm³/mol. The molecule has 0 saturated heterocycles. The summed E-state index contributed by atoms with van der Waals surface area (Å²) in [7, 11) is 0. The molecular formula is C12H22ClN3. The van der Waals surface area contributed by atoms with E-state index in [0.717, 1.165) is 12.2 Å².